The third kappa shape index (κ3) is 36.2. The van der Waals surface area contributed by atoms with Crippen molar-refractivity contribution < 1.29 is 38.2 Å². The Morgan fingerprint density at radius 2 is 1.00 bits per heavy atom. The van der Waals surface area contributed by atoms with Crippen LogP contribution >= 0.6 is 0 Å². The lowest BCUT2D eigenvalue weighted by Crippen LogP contribution is -2.50. The first kappa shape index (κ1) is 52.5. The minimum Gasteiger partial charge on any atom is -0.477 e. The summed E-state index contributed by atoms with van der Waals surface area (Å²) >= 11 is 0. The standard InChI is InChI=1S/C48H79NO7/c1-6-8-10-12-14-16-17-18-19-20-21-22-23-24-25-26-27-28-29-31-33-35-37-39-47(51)56-44(42-54-41-40-45(48(52)53)49(3,4)5)43-55-46(50)38-36-34-32-30-15-13-11-9-7-2/h8-11,14-16,18-19,21-22,30,34,36,44-45H,6-7,12-13,17,20,23-29,31-33,35,37-43H2,1-5H3/p+1/b10-8+,11-9+,16-14+,19-18+,22-21+,30-15+,36-34+. The number of carbonyl (C=O) groups excluding carboxylic acids is 2. The van der Waals surface area contributed by atoms with Gasteiger partial charge in [-0.15, -0.1) is 0 Å². The van der Waals surface area contributed by atoms with Gasteiger partial charge in [-0.1, -0.05) is 150 Å². The number of aliphatic carboxylic acids is 1. The molecule has 0 saturated heterocycles. The number of nitrogens with zero attached hydrogens (tertiary/aromatic N) is 1. The van der Waals surface area contributed by atoms with Crippen LogP contribution in [0.4, 0.5) is 0 Å². The maximum atomic E-state index is 12.7. The monoisotopic (exact) mass is 783 g/mol. The van der Waals surface area contributed by atoms with Gasteiger partial charge in [-0.05, 0) is 64.2 Å². The van der Waals surface area contributed by atoms with Gasteiger partial charge in [-0.3, -0.25) is 9.59 Å². The summed E-state index contributed by atoms with van der Waals surface area (Å²) in [6, 6.07) is -0.629. The van der Waals surface area contributed by atoms with Crippen molar-refractivity contribution in [1.82, 2.24) is 0 Å². The summed E-state index contributed by atoms with van der Waals surface area (Å²) in [5.74, 6) is -1.64. The molecule has 0 rings (SSSR count). The first-order valence-corrected chi connectivity index (χ1v) is 21.6. The number of esters is 2. The molecule has 0 aromatic rings. The van der Waals surface area contributed by atoms with Crippen LogP contribution in [0.5, 0.6) is 0 Å². The fourth-order valence-corrected chi connectivity index (χ4v) is 5.79. The second kappa shape index (κ2) is 38.4. The van der Waals surface area contributed by atoms with E-state index in [1.54, 1.807) is 6.08 Å². The highest BCUT2D eigenvalue weighted by atomic mass is 16.6. The maximum Gasteiger partial charge on any atom is 0.362 e. The van der Waals surface area contributed by atoms with Crippen molar-refractivity contribution in [3.8, 4) is 0 Å². The molecule has 0 heterocycles. The zero-order valence-corrected chi connectivity index (χ0v) is 36.1. The molecule has 0 bridgehead atoms. The Morgan fingerprint density at radius 3 is 1.48 bits per heavy atom. The van der Waals surface area contributed by atoms with Crippen molar-refractivity contribution in [3.05, 3.63) is 85.1 Å². The highest BCUT2D eigenvalue weighted by molar-refractivity contribution is 5.72. The van der Waals surface area contributed by atoms with Gasteiger partial charge in [0.15, 0.2) is 12.1 Å². The van der Waals surface area contributed by atoms with Gasteiger partial charge < -0.3 is 23.8 Å². The summed E-state index contributed by atoms with van der Waals surface area (Å²) in [6.07, 6.45) is 49.6. The predicted molar refractivity (Wildman–Crippen MR) is 233 cm³/mol. The number of allylic oxidation sites excluding steroid dienone is 13. The van der Waals surface area contributed by atoms with E-state index in [-0.39, 0.29) is 36.7 Å². The highest BCUT2D eigenvalue weighted by Gasteiger charge is 2.31. The van der Waals surface area contributed by atoms with Crippen LogP contribution in [-0.4, -0.2) is 80.6 Å². The maximum absolute atomic E-state index is 12.7. The Balaban J connectivity index is 4.29. The Morgan fingerprint density at radius 1 is 0.554 bits per heavy atom. The Bertz CT molecular complexity index is 1190. The van der Waals surface area contributed by atoms with Gasteiger partial charge in [0, 0.05) is 12.8 Å². The van der Waals surface area contributed by atoms with E-state index in [2.05, 4.69) is 86.8 Å². The number of carboxylic acid groups (broad SMARTS) is 1. The number of likely N-dealkylation sites (N-methyl/N-ethyl adjacent to an activating group) is 1. The van der Waals surface area contributed by atoms with Crippen LogP contribution in [0.3, 0.4) is 0 Å². The summed E-state index contributed by atoms with van der Waals surface area (Å²) in [6.45, 7) is 4.37. The molecule has 8 heteroatoms. The van der Waals surface area contributed by atoms with Gasteiger partial charge in [0.05, 0.1) is 40.8 Å². The lowest BCUT2D eigenvalue weighted by atomic mass is 10.0. The third-order valence-electron chi connectivity index (χ3n) is 9.07. The van der Waals surface area contributed by atoms with E-state index < -0.39 is 24.1 Å². The zero-order chi connectivity index (χ0) is 41.4. The Labute approximate surface area is 342 Å². The average Bonchev–Trinajstić information content (AvgIpc) is 3.15. The molecule has 0 aliphatic heterocycles. The van der Waals surface area contributed by atoms with Crippen LogP contribution in [0, 0.1) is 0 Å². The Hall–Kier alpha value is -3.49. The fourth-order valence-electron chi connectivity index (χ4n) is 5.79. The predicted octanol–water partition coefficient (Wildman–Crippen LogP) is 11.7. The second-order valence-corrected chi connectivity index (χ2v) is 15.2. The lowest BCUT2D eigenvalue weighted by Gasteiger charge is -2.31. The molecule has 0 aliphatic carbocycles. The van der Waals surface area contributed by atoms with Crippen LogP contribution in [0.25, 0.3) is 0 Å². The van der Waals surface area contributed by atoms with Gasteiger partial charge >= 0.3 is 17.9 Å². The normalized spacial score (nSPS) is 13.8. The number of carbonyl (C=O) groups is 3. The van der Waals surface area contributed by atoms with Gasteiger partial charge in [0.25, 0.3) is 0 Å². The number of quaternary nitrogens is 1. The van der Waals surface area contributed by atoms with Crippen molar-refractivity contribution in [2.24, 2.45) is 0 Å². The number of ether oxygens (including phenoxy) is 3. The van der Waals surface area contributed by atoms with Crippen LogP contribution in [0.2, 0.25) is 0 Å². The van der Waals surface area contributed by atoms with E-state index in [0.29, 0.717) is 12.8 Å². The molecule has 0 radical (unpaired) electrons. The molecular formula is C48H80NO7+. The van der Waals surface area contributed by atoms with Crippen molar-refractivity contribution >= 4 is 17.9 Å². The first-order valence-electron chi connectivity index (χ1n) is 21.6. The van der Waals surface area contributed by atoms with Crippen LogP contribution < -0.4 is 0 Å². The summed E-state index contributed by atoms with van der Waals surface area (Å²) in [5.41, 5.74) is 0. The smallest absolute Gasteiger partial charge is 0.362 e. The molecule has 2 unspecified atom stereocenters. The number of hydrogen-bond acceptors (Lipinski definition) is 6. The first-order chi connectivity index (χ1) is 27.1. The molecular weight excluding hydrogens is 703 g/mol. The van der Waals surface area contributed by atoms with Gasteiger partial charge in [0.2, 0.25) is 0 Å². The minimum absolute atomic E-state index is 0.0278. The van der Waals surface area contributed by atoms with Crippen LogP contribution in [-0.2, 0) is 28.6 Å². The zero-order valence-electron chi connectivity index (χ0n) is 36.1. The molecule has 0 spiro atoms. The number of carboxylic acids is 1. The second-order valence-electron chi connectivity index (χ2n) is 15.2. The summed E-state index contributed by atoms with van der Waals surface area (Å²) in [7, 11) is 5.49. The van der Waals surface area contributed by atoms with E-state index in [1.165, 1.54) is 44.9 Å². The summed E-state index contributed by atoms with van der Waals surface area (Å²) in [4.78, 5) is 36.8. The SMILES string of the molecule is CC/C=C/C/C=C/C/C=C/C/C=C/CCCCCCCCCCCCC(=O)OC(COCCC(C(=O)O)[N+](C)(C)C)COC(=O)C/C=C/C/C=C/C/C=C/CC. The van der Waals surface area contributed by atoms with E-state index in [9.17, 15) is 19.5 Å². The van der Waals surface area contributed by atoms with E-state index in [4.69, 9.17) is 14.2 Å². The molecule has 1 N–H and O–H groups in total. The number of unbranched alkanes of at least 4 members (excludes halogenated alkanes) is 10. The van der Waals surface area contributed by atoms with E-state index in [0.717, 1.165) is 70.6 Å². The van der Waals surface area contributed by atoms with Crippen molar-refractivity contribution in [3.63, 3.8) is 0 Å². The highest BCUT2D eigenvalue weighted by Crippen LogP contribution is 2.14. The summed E-state index contributed by atoms with van der Waals surface area (Å²) < 4.78 is 17.1. The van der Waals surface area contributed by atoms with Crippen molar-refractivity contribution in [2.45, 2.75) is 161 Å². The van der Waals surface area contributed by atoms with Gasteiger partial charge in [-0.2, -0.15) is 0 Å². The molecule has 0 aliphatic rings. The molecule has 2 atom stereocenters. The summed E-state index contributed by atoms with van der Waals surface area (Å²) in [5, 5.41) is 9.60. The average molecular weight is 783 g/mol. The fraction of sp³-hybridized carbons (Fsp3) is 0.646. The number of rotatable bonds is 37. The van der Waals surface area contributed by atoms with Gasteiger partial charge in [0.1, 0.15) is 6.61 Å². The largest absolute Gasteiger partial charge is 0.477 e. The van der Waals surface area contributed by atoms with Crippen molar-refractivity contribution in [2.75, 3.05) is 41.0 Å². The van der Waals surface area contributed by atoms with Crippen molar-refractivity contribution in [1.29, 1.82) is 0 Å². The molecule has 0 amide bonds. The van der Waals surface area contributed by atoms with E-state index in [1.807, 2.05) is 27.2 Å². The molecule has 8 nitrogen and oxygen atoms in total. The number of hydrogen-bond donors (Lipinski definition) is 1. The lowest BCUT2D eigenvalue weighted by molar-refractivity contribution is -0.887. The molecule has 56 heavy (non-hydrogen) atoms. The molecule has 0 saturated carbocycles. The van der Waals surface area contributed by atoms with Crippen LogP contribution in [0.15, 0.2) is 85.1 Å². The molecule has 0 fully saturated rings. The minimum atomic E-state index is -0.890. The Kier molecular flexibility index (Phi) is 36.0. The third-order valence-corrected chi connectivity index (χ3v) is 9.07. The van der Waals surface area contributed by atoms with Gasteiger partial charge in [-0.25, -0.2) is 4.79 Å². The molecule has 0 aromatic heterocycles. The molecule has 0 aromatic carbocycles. The molecule has 318 valence electrons. The quantitative estimate of drug-likeness (QED) is 0.0290. The van der Waals surface area contributed by atoms with E-state index >= 15 is 0 Å². The topological polar surface area (TPSA) is 99.1 Å². The van der Waals surface area contributed by atoms with Crippen LogP contribution in [0.1, 0.15) is 149 Å².